The van der Waals surface area contributed by atoms with Crippen molar-refractivity contribution in [1.29, 1.82) is 0 Å². The van der Waals surface area contributed by atoms with E-state index in [0.29, 0.717) is 30.1 Å². The molecule has 3 N–H and O–H groups in total. The van der Waals surface area contributed by atoms with Crippen LogP contribution >= 0.6 is 11.6 Å². The van der Waals surface area contributed by atoms with Crippen LogP contribution in [0.25, 0.3) is 0 Å². The summed E-state index contributed by atoms with van der Waals surface area (Å²) < 4.78 is 0. The second kappa shape index (κ2) is 8.36. The first-order valence-corrected chi connectivity index (χ1v) is 10.3. The fourth-order valence-electron chi connectivity index (χ4n) is 4.02. The molecule has 4 rings (SSSR count). The van der Waals surface area contributed by atoms with Crippen LogP contribution in [0.2, 0.25) is 5.02 Å². The minimum Gasteiger partial charge on any atom is -0.342 e. The topological polar surface area (TPSA) is 90.5 Å². The molecule has 0 aromatic heterocycles. The lowest BCUT2D eigenvalue weighted by Crippen LogP contribution is -2.61. The summed E-state index contributed by atoms with van der Waals surface area (Å²) in [7, 11) is 0. The Kier molecular flexibility index (Phi) is 5.63. The summed E-state index contributed by atoms with van der Waals surface area (Å²) >= 11 is 6.00. The summed E-state index contributed by atoms with van der Waals surface area (Å²) in [5.74, 6) is -0.287. The predicted octanol–water partition coefficient (Wildman–Crippen LogP) is 2.48. The average molecular weight is 427 g/mol. The van der Waals surface area contributed by atoms with Crippen LogP contribution in [-0.4, -0.2) is 47.4 Å². The lowest BCUT2D eigenvalue weighted by molar-refractivity contribution is -0.147. The summed E-state index contributed by atoms with van der Waals surface area (Å²) in [4.78, 5) is 39.5. The van der Waals surface area contributed by atoms with Crippen molar-refractivity contribution in [1.82, 2.24) is 15.5 Å². The highest BCUT2D eigenvalue weighted by Crippen LogP contribution is 2.25. The van der Waals surface area contributed by atoms with E-state index in [9.17, 15) is 14.4 Å². The third-order valence-corrected chi connectivity index (χ3v) is 5.80. The molecule has 2 fully saturated rings. The molecule has 2 saturated heterocycles. The van der Waals surface area contributed by atoms with Gasteiger partial charge >= 0.3 is 6.03 Å². The Morgan fingerprint density at radius 3 is 2.73 bits per heavy atom. The van der Waals surface area contributed by atoms with E-state index in [4.69, 9.17) is 11.6 Å². The number of hydrogen-bond acceptors (Lipinski definition) is 3. The first-order chi connectivity index (χ1) is 14.4. The molecule has 2 aliphatic rings. The molecule has 0 unspecified atom stereocenters. The van der Waals surface area contributed by atoms with Gasteiger partial charge in [0.05, 0.1) is 6.04 Å². The monoisotopic (exact) mass is 426 g/mol. The van der Waals surface area contributed by atoms with Gasteiger partial charge in [0.15, 0.2) is 0 Å². The van der Waals surface area contributed by atoms with Gasteiger partial charge in [-0.2, -0.15) is 0 Å². The molecule has 0 saturated carbocycles. The zero-order valence-electron chi connectivity index (χ0n) is 16.5. The number of aryl methyl sites for hydroxylation is 1. The molecule has 4 amide bonds. The van der Waals surface area contributed by atoms with Gasteiger partial charge in [-0.1, -0.05) is 48.0 Å². The molecule has 2 aromatic carbocycles. The number of carbonyl (C=O) groups is 3. The van der Waals surface area contributed by atoms with Gasteiger partial charge in [0.1, 0.15) is 12.1 Å². The van der Waals surface area contributed by atoms with E-state index < -0.39 is 12.1 Å². The minimum atomic E-state index is -0.585. The number of rotatable bonds is 4. The molecule has 3 atom stereocenters. The van der Waals surface area contributed by atoms with Gasteiger partial charge < -0.3 is 20.9 Å². The largest absolute Gasteiger partial charge is 0.342 e. The summed E-state index contributed by atoms with van der Waals surface area (Å²) in [5, 5.41) is 9.02. The van der Waals surface area contributed by atoms with Crippen LogP contribution in [0.3, 0.4) is 0 Å². The van der Waals surface area contributed by atoms with E-state index in [1.165, 1.54) is 0 Å². The summed E-state index contributed by atoms with van der Waals surface area (Å²) in [5.41, 5.74) is 2.49. The summed E-state index contributed by atoms with van der Waals surface area (Å²) in [6.45, 7) is 2.18. The lowest BCUT2D eigenvalue weighted by atomic mass is 10.0. The van der Waals surface area contributed by atoms with Crippen LogP contribution in [-0.2, 0) is 16.0 Å². The molecule has 0 spiro atoms. The number of urea groups is 1. The van der Waals surface area contributed by atoms with Crippen molar-refractivity contribution in [2.24, 2.45) is 0 Å². The number of carbonyl (C=O) groups excluding carboxylic acids is 3. The normalized spacial score (nSPS) is 23.0. The standard InChI is InChI=1S/C22H23ClN4O3/c1-13-7-8-15(23)10-17(13)26-22(30)24-16-11-19-20(28)25-18(21(29)27(19)12-16)9-14-5-3-2-4-6-14/h2-8,10,16,18-19H,9,11-12H2,1H3,(H,25,28)(H2,24,26,30)/t16-,18-,19-/m0/s1. The molecular weight excluding hydrogens is 404 g/mol. The molecule has 2 heterocycles. The Labute approximate surface area is 179 Å². The average Bonchev–Trinajstić information content (AvgIpc) is 3.14. The third kappa shape index (κ3) is 4.26. The highest BCUT2D eigenvalue weighted by atomic mass is 35.5. The number of nitrogens with one attached hydrogen (secondary N) is 3. The Hall–Kier alpha value is -3.06. The molecule has 30 heavy (non-hydrogen) atoms. The van der Waals surface area contributed by atoms with Crippen molar-refractivity contribution in [3.8, 4) is 0 Å². The zero-order valence-corrected chi connectivity index (χ0v) is 17.3. The van der Waals surface area contributed by atoms with Crippen LogP contribution in [0.15, 0.2) is 48.5 Å². The smallest absolute Gasteiger partial charge is 0.319 e. The number of piperazine rings is 1. The zero-order chi connectivity index (χ0) is 21.3. The van der Waals surface area contributed by atoms with Crippen LogP contribution in [0.4, 0.5) is 10.5 Å². The molecule has 2 aromatic rings. The predicted molar refractivity (Wildman–Crippen MR) is 114 cm³/mol. The Balaban J connectivity index is 1.38. The molecule has 8 heteroatoms. The van der Waals surface area contributed by atoms with Crippen molar-refractivity contribution < 1.29 is 14.4 Å². The van der Waals surface area contributed by atoms with E-state index in [2.05, 4.69) is 16.0 Å². The molecule has 7 nitrogen and oxygen atoms in total. The highest BCUT2D eigenvalue weighted by molar-refractivity contribution is 6.31. The van der Waals surface area contributed by atoms with Gasteiger partial charge in [-0.15, -0.1) is 0 Å². The van der Waals surface area contributed by atoms with Crippen molar-refractivity contribution >= 4 is 35.1 Å². The van der Waals surface area contributed by atoms with Crippen molar-refractivity contribution in [2.75, 3.05) is 11.9 Å². The second-order valence-corrected chi connectivity index (χ2v) is 8.18. The number of amides is 4. The van der Waals surface area contributed by atoms with E-state index in [-0.39, 0.29) is 23.9 Å². The van der Waals surface area contributed by atoms with Crippen molar-refractivity contribution in [3.63, 3.8) is 0 Å². The first-order valence-electron chi connectivity index (χ1n) is 9.89. The van der Waals surface area contributed by atoms with Gasteiger partial charge in [-0.3, -0.25) is 9.59 Å². The van der Waals surface area contributed by atoms with Gasteiger partial charge in [-0.25, -0.2) is 4.79 Å². The van der Waals surface area contributed by atoms with E-state index >= 15 is 0 Å². The number of anilines is 1. The van der Waals surface area contributed by atoms with Gasteiger partial charge in [-0.05, 0) is 36.6 Å². The molecular formula is C22H23ClN4O3. The molecule has 156 valence electrons. The van der Waals surface area contributed by atoms with Crippen LogP contribution in [0.5, 0.6) is 0 Å². The lowest BCUT2D eigenvalue weighted by Gasteiger charge is -2.34. The van der Waals surface area contributed by atoms with Crippen LogP contribution in [0.1, 0.15) is 17.5 Å². The third-order valence-electron chi connectivity index (χ3n) is 5.57. The van der Waals surface area contributed by atoms with E-state index in [0.717, 1.165) is 11.1 Å². The molecule has 0 bridgehead atoms. The highest BCUT2D eigenvalue weighted by Gasteiger charge is 2.46. The number of hydrogen-bond donors (Lipinski definition) is 3. The quantitative estimate of drug-likeness (QED) is 0.701. The van der Waals surface area contributed by atoms with E-state index in [1.807, 2.05) is 43.3 Å². The number of nitrogens with zero attached hydrogens (tertiary/aromatic N) is 1. The molecule has 0 aliphatic carbocycles. The Bertz CT molecular complexity index is 982. The van der Waals surface area contributed by atoms with Gasteiger partial charge in [0, 0.05) is 23.7 Å². The van der Waals surface area contributed by atoms with Crippen LogP contribution < -0.4 is 16.0 Å². The number of fused-ring (bicyclic) bond motifs is 1. The number of benzene rings is 2. The first kappa shape index (κ1) is 20.2. The van der Waals surface area contributed by atoms with Gasteiger partial charge in [0.2, 0.25) is 11.8 Å². The number of halogens is 1. The van der Waals surface area contributed by atoms with Crippen LogP contribution in [0, 0.1) is 6.92 Å². The second-order valence-electron chi connectivity index (χ2n) is 7.75. The van der Waals surface area contributed by atoms with Crippen molar-refractivity contribution in [3.05, 3.63) is 64.7 Å². The minimum absolute atomic E-state index is 0.112. The Morgan fingerprint density at radius 1 is 1.20 bits per heavy atom. The SMILES string of the molecule is Cc1ccc(Cl)cc1NC(=O)N[C@H]1C[C@H]2C(=O)N[C@@H](Cc3ccccc3)C(=O)N2C1. The molecule has 0 radical (unpaired) electrons. The summed E-state index contributed by atoms with van der Waals surface area (Å²) in [6.07, 6.45) is 0.832. The maximum absolute atomic E-state index is 12.9. The maximum Gasteiger partial charge on any atom is 0.319 e. The summed E-state index contributed by atoms with van der Waals surface area (Å²) in [6, 6.07) is 13.0. The fourth-order valence-corrected chi connectivity index (χ4v) is 4.20. The molecule has 2 aliphatic heterocycles. The Morgan fingerprint density at radius 2 is 1.97 bits per heavy atom. The van der Waals surface area contributed by atoms with Crippen molar-refractivity contribution in [2.45, 2.75) is 37.9 Å². The van der Waals surface area contributed by atoms with E-state index in [1.54, 1.807) is 17.0 Å². The van der Waals surface area contributed by atoms with Gasteiger partial charge in [0.25, 0.3) is 0 Å². The fraction of sp³-hybridized carbons (Fsp3) is 0.318. The maximum atomic E-state index is 12.9.